The molecule has 0 rings (SSSR count). The molecule has 0 aromatic rings. The molecular weight excluding hydrogens is 184 g/mol. The standard InChI is InChI=1S/C10H22O4/c1-6(2)9(13-4)10(14-5)8(12)7(3)11/h6-12H,1-5H3. The van der Waals surface area contributed by atoms with Gasteiger partial charge in [0.1, 0.15) is 12.2 Å². The summed E-state index contributed by atoms with van der Waals surface area (Å²) < 4.78 is 10.4. The van der Waals surface area contributed by atoms with Gasteiger partial charge in [0.2, 0.25) is 0 Å². The van der Waals surface area contributed by atoms with Crippen molar-refractivity contribution in [3.8, 4) is 0 Å². The number of rotatable bonds is 6. The van der Waals surface area contributed by atoms with Crippen LogP contribution in [0.15, 0.2) is 0 Å². The van der Waals surface area contributed by atoms with Gasteiger partial charge in [0.05, 0.1) is 12.2 Å². The van der Waals surface area contributed by atoms with E-state index in [9.17, 15) is 10.2 Å². The zero-order valence-corrected chi connectivity index (χ0v) is 9.60. The molecule has 4 unspecified atom stereocenters. The minimum Gasteiger partial charge on any atom is -0.391 e. The molecule has 14 heavy (non-hydrogen) atoms. The summed E-state index contributed by atoms with van der Waals surface area (Å²) in [6, 6.07) is 0. The van der Waals surface area contributed by atoms with Gasteiger partial charge in [-0.3, -0.25) is 0 Å². The van der Waals surface area contributed by atoms with E-state index >= 15 is 0 Å². The van der Waals surface area contributed by atoms with Crippen molar-refractivity contribution < 1.29 is 19.7 Å². The van der Waals surface area contributed by atoms with Gasteiger partial charge < -0.3 is 19.7 Å². The monoisotopic (exact) mass is 206 g/mol. The minimum absolute atomic E-state index is 0.218. The zero-order chi connectivity index (χ0) is 11.3. The van der Waals surface area contributed by atoms with E-state index in [1.165, 1.54) is 14.0 Å². The lowest BCUT2D eigenvalue weighted by molar-refractivity contribution is -0.137. The molecule has 0 heterocycles. The van der Waals surface area contributed by atoms with Gasteiger partial charge in [0.15, 0.2) is 0 Å². The lowest BCUT2D eigenvalue weighted by Crippen LogP contribution is -2.47. The van der Waals surface area contributed by atoms with Crippen LogP contribution in [0.25, 0.3) is 0 Å². The van der Waals surface area contributed by atoms with Crippen molar-refractivity contribution >= 4 is 0 Å². The fraction of sp³-hybridized carbons (Fsp3) is 1.00. The van der Waals surface area contributed by atoms with E-state index in [2.05, 4.69) is 0 Å². The van der Waals surface area contributed by atoms with E-state index < -0.39 is 18.3 Å². The van der Waals surface area contributed by atoms with Crippen molar-refractivity contribution in [1.29, 1.82) is 0 Å². The Morgan fingerprint density at radius 1 is 0.857 bits per heavy atom. The van der Waals surface area contributed by atoms with Gasteiger partial charge in [0.25, 0.3) is 0 Å². The third kappa shape index (κ3) is 3.53. The van der Waals surface area contributed by atoms with Crippen molar-refractivity contribution in [3.63, 3.8) is 0 Å². The normalized spacial score (nSPS) is 20.6. The van der Waals surface area contributed by atoms with Gasteiger partial charge >= 0.3 is 0 Å². The molecule has 4 heteroatoms. The van der Waals surface area contributed by atoms with Gasteiger partial charge in [-0.2, -0.15) is 0 Å². The maximum Gasteiger partial charge on any atom is 0.112 e. The second-order valence-corrected chi connectivity index (χ2v) is 3.88. The van der Waals surface area contributed by atoms with Crippen molar-refractivity contribution in [2.75, 3.05) is 14.2 Å². The van der Waals surface area contributed by atoms with E-state index in [-0.39, 0.29) is 12.0 Å². The van der Waals surface area contributed by atoms with Gasteiger partial charge in [-0.1, -0.05) is 13.8 Å². The van der Waals surface area contributed by atoms with Crippen LogP contribution in [0.5, 0.6) is 0 Å². The van der Waals surface area contributed by atoms with Crippen LogP contribution in [0, 0.1) is 5.92 Å². The molecule has 0 spiro atoms. The van der Waals surface area contributed by atoms with E-state index in [1.54, 1.807) is 7.11 Å². The molecule has 0 saturated heterocycles. The first-order chi connectivity index (χ1) is 6.45. The maximum atomic E-state index is 9.68. The number of hydrogen-bond donors (Lipinski definition) is 2. The highest BCUT2D eigenvalue weighted by molar-refractivity contribution is 4.82. The molecule has 0 aromatic heterocycles. The summed E-state index contributed by atoms with van der Waals surface area (Å²) in [5.74, 6) is 0.221. The second-order valence-electron chi connectivity index (χ2n) is 3.88. The van der Waals surface area contributed by atoms with Crippen LogP contribution in [0.4, 0.5) is 0 Å². The molecule has 0 fully saturated rings. The second kappa shape index (κ2) is 6.35. The largest absolute Gasteiger partial charge is 0.391 e. The van der Waals surface area contributed by atoms with Gasteiger partial charge in [-0.15, -0.1) is 0 Å². The van der Waals surface area contributed by atoms with Crippen LogP contribution in [0.2, 0.25) is 0 Å². The number of aliphatic hydroxyl groups is 2. The summed E-state index contributed by atoms with van der Waals surface area (Å²) >= 11 is 0. The van der Waals surface area contributed by atoms with Crippen molar-refractivity contribution in [2.24, 2.45) is 5.92 Å². The number of ether oxygens (including phenoxy) is 2. The summed E-state index contributed by atoms with van der Waals surface area (Å²) in [4.78, 5) is 0. The third-order valence-electron chi connectivity index (χ3n) is 2.36. The van der Waals surface area contributed by atoms with Crippen LogP contribution < -0.4 is 0 Å². The topological polar surface area (TPSA) is 58.9 Å². The Kier molecular flexibility index (Phi) is 6.27. The fourth-order valence-electron chi connectivity index (χ4n) is 1.53. The average molecular weight is 206 g/mol. The Morgan fingerprint density at radius 3 is 1.50 bits per heavy atom. The molecule has 86 valence electrons. The van der Waals surface area contributed by atoms with E-state index in [0.717, 1.165) is 0 Å². The number of methoxy groups -OCH3 is 2. The summed E-state index contributed by atoms with van der Waals surface area (Å²) in [6.45, 7) is 5.49. The number of hydrogen-bond acceptors (Lipinski definition) is 4. The smallest absolute Gasteiger partial charge is 0.112 e. The molecule has 0 bridgehead atoms. The van der Waals surface area contributed by atoms with Gasteiger partial charge in [0, 0.05) is 14.2 Å². The predicted molar refractivity (Wildman–Crippen MR) is 54.1 cm³/mol. The zero-order valence-electron chi connectivity index (χ0n) is 9.60. The highest BCUT2D eigenvalue weighted by atomic mass is 16.5. The summed E-state index contributed by atoms with van der Waals surface area (Å²) in [6.07, 6.45) is -2.46. The first-order valence-corrected chi connectivity index (χ1v) is 4.87. The molecule has 0 aromatic carbocycles. The molecule has 0 aliphatic carbocycles. The third-order valence-corrected chi connectivity index (χ3v) is 2.36. The first-order valence-electron chi connectivity index (χ1n) is 4.87. The van der Waals surface area contributed by atoms with Crippen molar-refractivity contribution in [2.45, 2.75) is 45.2 Å². The van der Waals surface area contributed by atoms with E-state index in [0.29, 0.717) is 0 Å². The molecular formula is C10H22O4. The van der Waals surface area contributed by atoms with Crippen molar-refractivity contribution in [1.82, 2.24) is 0 Å². The van der Waals surface area contributed by atoms with Crippen LogP contribution in [-0.2, 0) is 9.47 Å². The lowest BCUT2D eigenvalue weighted by atomic mass is 9.95. The van der Waals surface area contributed by atoms with Crippen LogP contribution in [0.1, 0.15) is 20.8 Å². The molecule has 4 nitrogen and oxygen atoms in total. The SMILES string of the molecule is COC(C(C)C)C(OC)C(O)C(C)O. The number of aliphatic hydroxyl groups excluding tert-OH is 2. The highest BCUT2D eigenvalue weighted by Crippen LogP contribution is 2.17. The molecule has 4 atom stereocenters. The van der Waals surface area contributed by atoms with E-state index in [1.807, 2.05) is 13.8 Å². The van der Waals surface area contributed by atoms with Crippen molar-refractivity contribution in [3.05, 3.63) is 0 Å². The van der Waals surface area contributed by atoms with Gasteiger partial charge in [-0.05, 0) is 12.8 Å². The average Bonchev–Trinajstić information content (AvgIpc) is 2.11. The Hall–Kier alpha value is -0.160. The Bertz CT molecular complexity index is 147. The summed E-state index contributed by atoms with van der Waals surface area (Å²) in [7, 11) is 3.08. The minimum atomic E-state index is -0.924. The quantitative estimate of drug-likeness (QED) is 0.661. The lowest BCUT2D eigenvalue weighted by Gasteiger charge is -2.32. The molecule has 0 amide bonds. The summed E-state index contributed by atoms with van der Waals surface area (Å²) in [5.41, 5.74) is 0. The molecule has 0 aliphatic rings. The summed E-state index contributed by atoms with van der Waals surface area (Å²) in [5, 5.41) is 18.9. The molecule has 0 saturated carbocycles. The first kappa shape index (κ1) is 13.8. The Labute approximate surface area is 85.8 Å². The van der Waals surface area contributed by atoms with Crippen LogP contribution >= 0.6 is 0 Å². The predicted octanol–water partition coefficient (Wildman–Crippen LogP) is 0.414. The van der Waals surface area contributed by atoms with Crippen LogP contribution in [0.3, 0.4) is 0 Å². The molecule has 2 N–H and O–H groups in total. The van der Waals surface area contributed by atoms with E-state index in [4.69, 9.17) is 9.47 Å². The molecule has 0 aliphatic heterocycles. The highest BCUT2D eigenvalue weighted by Gasteiger charge is 2.33. The Morgan fingerprint density at radius 2 is 1.29 bits per heavy atom. The fourth-order valence-corrected chi connectivity index (χ4v) is 1.53. The van der Waals surface area contributed by atoms with Crippen LogP contribution in [-0.4, -0.2) is 48.8 Å². The maximum absolute atomic E-state index is 9.68. The molecule has 0 radical (unpaired) electrons. The Balaban J connectivity index is 4.50. The van der Waals surface area contributed by atoms with Gasteiger partial charge in [-0.25, -0.2) is 0 Å².